The molecule has 5 nitrogen and oxygen atoms in total. The minimum atomic E-state index is -1.03. The Balaban J connectivity index is 2.04. The highest BCUT2D eigenvalue weighted by Gasteiger charge is 2.40. The van der Waals surface area contributed by atoms with E-state index < -0.39 is 17.4 Å². The Morgan fingerprint density at radius 3 is 2.70 bits per heavy atom. The predicted octanol–water partition coefficient (Wildman–Crippen LogP) is 2.15. The number of nitrogens with one attached hydrogen (secondary N) is 1. The highest BCUT2D eigenvalue weighted by atomic mass is 79.9. The lowest BCUT2D eigenvalue weighted by atomic mass is 9.69. The molecule has 108 valence electrons. The van der Waals surface area contributed by atoms with Gasteiger partial charge in [-0.05, 0) is 40.4 Å². The maximum absolute atomic E-state index is 12.1. The molecule has 0 aromatic carbocycles. The molecule has 1 heterocycles. The van der Waals surface area contributed by atoms with Crippen molar-refractivity contribution in [2.75, 3.05) is 0 Å². The van der Waals surface area contributed by atoms with E-state index in [4.69, 9.17) is 0 Å². The Kier molecular flexibility index (Phi) is 4.42. The minimum Gasteiger partial charge on any atom is -0.480 e. The topological polar surface area (TPSA) is 79.3 Å². The average molecular weight is 341 g/mol. The van der Waals surface area contributed by atoms with Gasteiger partial charge in [-0.3, -0.25) is 9.78 Å². The van der Waals surface area contributed by atoms with E-state index in [0.717, 1.165) is 29.3 Å². The lowest BCUT2D eigenvalue weighted by Gasteiger charge is -2.37. The van der Waals surface area contributed by atoms with Gasteiger partial charge in [0, 0.05) is 28.7 Å². The first kappa shape index (κ1) is 15.0. The first-order valence-corrected chi connectivity index (χ1v) is 7.33. The number of carboxylic acid groups (broad SMARTS) is 1. The van der Waals surface area contributed by atoms with Crippen LogP contribution in [0.4, 0.5) is 0 Å². The third-order valence-electron chi connectivity index (χ3n) is 3.81. The number of nitrogens with zero attached hydrogens (tertiary/aromatic N) is 1. The summed E-state index contributed by atoms with van der Waals surface area (Å²) in [5.74, 6) is -1.19. The van der Waals surface area contributed by atoms with Crippen molar-refractivity contribution in [1.29, 1.82) is 0 Å². The van der Waals surface area contributed by atoms with Crippen LogP contribution in [0.25, 0.3) is 0 Å². The van der Waals surface area contributed by atoms with Gasteiger partial charge in [-0.1, -0.05) is 13.3 Å². The zero-order valence-electron chi connectivity index (χ0n) is 11.2. The molecule has 1 aromatic rings. The molecule has 2 N–H and O–H groups in total. The number of carbonyl (C=O) groups excluding carboxylic acids is 1. The first-order chi connectivity index (χ1) is 9.40. The molecule has 1 aliphatic rings. The van der Waals surface area contributed by atoms with Gasteiger partial charge in [0.25, 0.3) is 0 Å². The van der Waals surface area contributed by atoms with E-state index in [1.54, 1.807) is 18.5 Å². The number of rotatable bonds is 5. The van der Waals surface area contributed by atoms with Crippen LogP contribution >= 0.6 is 15.9 Å². The summed E-state index contributed by atoms with van der Waals surface area (Å²) in [6, 6.07) is 0.885. The lowest BCUT2D eigenvalue weighted by Crippen LogP contribution is -2.50. The highest BCUT2D eigenvalue weighted by molar-refractivity contribution is 9.10. The van der Waals surface area contributed by atoms with Gasteiger partial charge < -0.3 is 10.4 Å². The number of hydrogen-bond donors (Lipinski definition) is 2. The minimum absolute atomic E-state index is 0.167. The summed E-state index contributed by atoms with van der Waals surface area (Å²) in [4.78, 5) is 27.4. The van der Waals surface area contributed by atoms with E-state index in [-0.39, 0.29) is 12.3 Å². The largest absolute Gasteiger partial charge is 0.480 e. The quantitative estimate of drug-likeness (QED) is 0.860. The molecule has 6 heteroatoms. The molecule has 0 saturated heterocycles. The van der Waals surface area contributed by atoms with Crippen LogP contribution in [0.3, 0.4) is 0 Å². The van der Waals surface area contributed by atoms with E-state index in [0.29, 0.717) is 0 Å². The van der Waals surface area contributed by atoms with Crippen LogP contribution in [-0.2, 0) is 16.0 Å². The summed E-state index contributed by atoms with van der Waals surface area (Å²) in [5.41, 5.74) is 0.370. The van der Waals surface area contributed by atoms with Crippen molar-refractivity contribution in [3.05, 3.63) is 28.5 Å². The van der Waals surface area contributed by atoms with Gasteiger partial charge >= 0.3 is 5.97 Å². The smallest absolute Gasteiger partial charge is 0.326 e. The van der Waals surface area contributed by atoms with E-state index in [1.807, 2.05) is 6.92 Å². The van der Waals surface area contributed by atoms with Crippen LogP contribution in [0, 0.1) is 5.41 Å². The van der Waals surface area contributed by atoms with Crippen LogP contribution in [0.2, 0.25) is 0 Å². The normalized spacial score (nSPS) is 17.9. The van der Waals surface area contributed by atoms with Crippen molar-refractivity contribution in [3.63, 3.8) is 0 Å². The van der Waals surface area contributed by atoms with Crippen molar-refractivity contribution in [2.45, 2.75) is 38.6 Å². The Morgan fingerprint density at radius 2 is 2.20 bits per heavy atom. The molecule has 2 rings (SSSR count). The fourth-order valence-corrected chi connectivity index (χ4v) is 2.68. The molecular formula is C14H17BrN2O3. The molecule has 1 saturated carbocycles. The number of amides is 1. The first-order valence-electron chi connectivity index (χ1n) is 6.54. The van der Waals surface area contributed by atoms with Gasteiger partial charge in [0.05, 0.1) is 0 Å². The van der Waals surface area contributed by atoms with Gasteiger partial charge in [0.2, 0.25) is 5.91 Å². The molecule has 0 radical (unpaired) electrons. The van der Waals surface area contributed by atoms with Gasteiger partial charge in [-0.2, -0.15) is 0 Å². The molecule has 1 atom stereocenters. The van der Waals surface area contributed by atoms with Crippen molar-refractivity contribution in [2.24, 2.45) is 5.41 Å². The number of halogens is 1. The van der Waals surface area contributed by atoms with Crippen LogP contribution in [0.1, 0.15) is 31.7 Å². The van der Waals surface area contributed by atoms with Crippen molar-refractivity contribution >= 4 is 27.8 Å². The number of hydrogen-bond acceptors (Lipinski definition) is 3. The zero-order chi connectivity index (χ0) is 14.8. The average Bonchev–Trinajstić information content (AvgIpc) is 2.35. The fourth-order valence-electron chi connectivity index (χ4n) is 2.27. The van der Waals surface area contributed by atoms with E-state index >= 15 is 0 Å². The second-order valence-corrected chi connectivity index (χ2v) is 6.41. The Hall–Kier alpha value is -1.43. The fraction of sp³-hybridized carbons (Fsp3) is 0.500. The van der Waals surface area contributed by atoms with E-state index in [2.05, 4.69) is 26.2 Å². The van der Waals surface area contributed by atoms with Crippen molar-refractivity contribution < 1.29 is 14.7 Å². The monoisotopic (exact) mass is 340 g/mol. The molecule has 1 unspecified atom stereocenters. The van der Waals surface area contributed by atoms with Gasteiger partial charge in [0.1, 0.15) is 6.04 Å². The van der Waals surface area contributed by atoms with Crippen LogP contribution in [0.15, 0.2) is 22.9 Å². The Labute approximate surface area is 125 Å². The molecule has 0 spiro atoms. The third-order valence-corrected chi connectivity index (χ3v) is 4.24. The lowest BCUT2D eigenvalue weighted by molar-refractivity contribution is -0.145. The molecule has 0 bridgehead atoms. The van der Waals surface area contributed by atoms with E-state index in [1.165, 1.54) is 0 Å². The molecule has 1 fully saturated rings. The maximum atomic E-state index is 12.1. The zero-order valence-corrected chi connectivity index (χ0v) is 12.8. The van der Waals surface area contributed by atoms with Crippen LogP contribution in [0.5, 0.6) is 0 Å². The van der Waals surface area contributed by atoms with Crippen molar-refractivity contribution in [1.82, 2.24) is 10.3 Å². The second kappa shape index (κ2) is 5.91. The molecular weight excluding hydrogens is 324 g/mol. The number of aromatic nitrogens is 1. The third kappa shape index (κ3) is 3.36. The summed E-state index contributed by atoms with van der Waals surface area (Å²) in [5, 5.41) is 11.9. The second-order valence-electron chi connectivity index (χ2n) is 5.49. The molecule has 1 aromatic heterocycles. The molecule has 0 aliphatic heterocycles. The summed E-state index contributed by atoms with van der Waals surface area (Å²) in [6.45, 7) is 1.88. The van der Waals surface area contributed by atoms with E-state index in [9.17, 15) is 14.7 Å². The van der Waals surface area contributed by atoms with Gasteiger partial charge in [0.15, 0.2) is 0 Å². The Bertz CT molecular complexity index is 529. The molecule has 20 heavy (non-hydrogen) atoms. The maximum Gasteiger partial charge on any atom is 0.326 e. The predicted molar refractivity (Wildman–Crippen MR) is 77.2 cm³/mol. The molecule has 1 amide bonds. The summed E-state index contributed by atoms with van der Waals surface area (Å²) >= 11 is 3.29. The SMILES string of the molecule is CC1(C(=O)NC(Cc2cncc(Br)c2)C(=O)O)CCC1. The summed E-state index contributed by atoms with van der Waals surface area (Å²) in [7, 11) is 0. The number of aliphatic carboxylic acids is 1. The summed E-state index contributed by atoms with van der Waals surface area (Å²) in [6.07, 6.45) is 6.14. The van der Waals surface area contributed by atoms with Gasteiger partial charge in [-0.15, -0.1) is 0 Å². The Morgan fingerprint density at radius 1 is 1.50 bits per heavy atom. The summed E-state index contributed by atoms with van der Waals surface area (Å²) < 4.78 is 0.788. The number of carboxylic acids is 1. The van der Waals surface area contributed by atoms with Crippen LogP contribution < -0.4 is 5.32 Å². The van der Waals surface area contributed by atoms with Gasteiger partial charge in [-0.25, -0.2) is 4.79 Å². The van der Waals surface area contributed by atoms with Crippen molar-refractivity contribution in [3.8, 4) is 0 Å². The molecule has 1 aliphatic carbocycles. The number of carbonyl (C=O) groups is 2. The number of pyridine rings is 1. The van der Waals surface area contributed by atoms with Crippen LogP contribution in [-0.4, -0.2) is 28.0 Å². The highest BCUT2D eigenvalue weighted by Crippen LogP contribution is 2.40. The standard InChI is InChI=1S/C14H17BrN2O3/c1-14(3-2-4-14)13(20)17-11(12(18)19)6-9-5-10(15)8-16-7-9/h5,7-8,11H,2-4,6H2,1H3,(H,17,20)(H,18,19).